The lowest BCUT2D eigenvalue weighted by molar-refractivity contribution is 0.285. The molecule has 5 nitrogen and oxygen atoms in total. The van der Waals surface area contributed by atoms with Gasteiger partial charge < -0.3 is 14.6 Å². The lowest BCUT2D eigenvalue weighted by Gasteiger charge is -2.08. The Labute approximate surface area is 114 Å². The van der Waals surface area contributed by atoms with Crippen LogP contribution in [0.2, 0.25) is 0 Å². The van der Waals surface area contributed by atoms with Crippen LogP contribution in [0.4, 0.5) is 0 Å². The van der Waals surface area contributed by atoms with E-state index in [9.17, 15) is 0 Å². The molecule has 6 heteroatoms. The average molecular weight is 312 g/mol. The Bertz CT molecular complexity index is 528. The van der Waals surface area contributed by atoms with E-state index in [1.165, 1.54) is 0 Å². The second-order valence-electron chi connectivity index (χ2n) is 3.80. The van der Waals surface area contributed by atoms with Crippen LogP contribution in [0.5, 0.6) is 5.75 Å². The molecule has 0 spiro atoms. The molecule has 0 aliphatic rings. The molecule has 0 atom stereocenters. The van der Waals surface area contributed by atoms with Gasteiger partial charge in [-0.2, -0.15) is 4.98 Å². The molecule has 1 aromatic heterocycles. The number of benzene rings is 1. The van der Waals surface area contributed by atoms with Gasteiger partial charge in [-0.3, -0.25) is 0 Å². The summed E-state index contributed by atoms with van der Waals surface area (Å²) in [5, 5.41) is 6.88. The normalized spacial score (nSPS) is 10.6. The lowest BCUT2D eigenvalue weighted by atomic mass is 10.2. The van der Waals surface area contributed by atoms with Crippen LogP contribution in [-0.2, 0) is 13.2 Å². The van der Waals surface area contributed by atoms with Crippen LogP contribution < -0.4 is 10.1 Å². The highest BCUT2D eigenvalue weighted by Crippen LogP contribution is 2.23. The first-order valence-corrected chi connectivity index (χ1v) is 6.33. The van der Waals surface area contributed by atoms with E-state index in [-0.39, 0.29) is 0 Å². The van der Waals surface area contributed by atoms with Crippen molar-refractivity contribution < 1.29 is 9.26 Å². The van der Waals surface area contributed by atoms with Gasteiger partial charge in [0.05, 0.1) is 0 Å². The Hall–Kier alpha value is -1.40. The van der Waals surface area contributed by atoms with Crippen molar-refractivity contribution in [3.8, 4) is 5.75 Å². The fourth-order valence-corrected chi connectivity index (χ4v) is 1.90. The second kappa shape index (κ2) is 5.97. The molecule has 96 valence electrons. The maximum absolute atomic E-state index is 5.61. The number of ether oxygens (including phenoxy) is 1. The minimum absolute atomic E-state index is 0.304. The van der Waals surface area contributed by atoms with Gasteiger partial charge in [-0.1, -0.05) is 21.1 Å². The van der Waals surface area contributed by atoms with E-state index in [2.05, 4.69) is 31.4 Å². The van der Waals surface area contributed by atoms with Crippen molar-refractivity contribution in [1.29, 1.82) is 0 Å². The number of nitrogens with zero attached hydrogens (tertiary/aromatic N) is 2. The number of aromatic nitrogens is 2. The lowest BCUT2D eigenvalue weighted by Crippen LogP contribution is -2.06. The van der Waals surface area contributed by atoms with Crippen molar-refractivity contribution in [1.82, 2.24) is 15.5 Å². The van der Waals surface area contributed by atoms with Crippen LogP contribution >= 0.6 is 15.9 Å². The Morgan fingerprint density at radius 3 is 2.94 bits per heavy atom. The SMILES string of the molecule is CNCc1cc(OCc2noc(C)n2)ccc1Br. The number of hydrogen-bond acceptors (Lipinski definition) is 5. The predicted octanol–water partition coefficient (Wildman–Crippen LogP) is 2.44. The summed E-state index contributed by atoms with van der Waals surface area (Å²) in [6, 6.07) is 5.84. The van der Waals surface area contributed by atoms with Gasteiger partial charge in [0.2, 0.25) is 11.7 Å². The second-order valence-corrected chi connectivity index (χ2v) is 4.66. The van der Waals surface area contributed by atoms with E-state index in [4.69, 9.17) is 9.26 Å². The Kier molecular flexibility index (Phi) is 4.33. The van der Waals surface area contributed by atoms with E-state index < -0.39 is 0 Å². The van der Waals surface area contributed by atoms with E-state index in [0.29, 0.717) is 18.3 Å². The zero-order valence-electron chi connectivity index (χ0n) is 10.2. The molecule has 1 heterocycles. The zero-order valence-corrected chi connectivity index (χ0v) is 11.8. The third-order valence-corrected chi connectivity index (χ3v) is 3.10. The molecule has 0 bridgehead atoms. The minimum atomic E-state index is 0.304. The van der Waals surface area contributed by atoms with Crippen molar-refractivity contribution in [3.05, 3.63) is 40.0 Å². The van der Waals surface area contributed by atoms with Crippen molar-refractivity contribution in [2.75, 3.05) is 7.05 Å². The maximum atomic E-state index is 5.61. The summed E-state index contributed by atoms with van der Waals surface area (Å²) in [5.74, 6) is 1.87. The molecular formula is C12H14BrN3O2. The molecule has 0 aliphatic heterocycles. The molecular weight excluding hydrogens is 298 g/mol. The van der Waals surface area contributed by atoms with Crippen LogP contribution in [0, 0.1) is 6.92 Å². The first-order valence-electron chi connectivity index (χ1n) is 5.54. The molecule has 0 saturated carbocycles. The molecule has 0 unspecified atom stereocenters. The fourth-order valence-electron chi connectivity index (χ4n) is 1.51. The maximum Gasteiger partial charge on any atom is 0.223 e. The molecule has 0 amide bonds. The van der Waals surface area contributed by atoms with Crippen molar-refractivity contribution in [2.24, 2.45) is 0 Å². The Balaban J connectivity index is 2.03. The van der Waals surface area contributed by atoms with Gasteiger partial charge in [-0.15, -0.1) is 0 Å². The van der Waals surface area contributed by atoms with Crippen molar-refractivity contribution in [2.45, 2.75) is 20.1 Å². The third kappa shape index (κ3) is 3.30. The number of aryl methyl sites for hydroxylation is 1. The number of nitrogens with one attached hydrogen (secondary N) is 1. The summed E-state index contributed by atoms with van der Waals surface area (Å²) >= 11 is 3.50. The molecule has 2 aromatic rings. The molecule has 2 rings (SSSR count). The molecule has 0 aliphatic carbocycles. The Morgan fingerprint density at radius 2 is 2.28 bits per heavy atom. The molecule has 1 aromatic carbocycles. The molecule has 18 heavy (non-hydrogen) atoms. The van der Waals surface area contributed by atoms with Gasteiger partial charge in [0.15, 0.2) is 6.61 Å². The van der Waals surface area contributed by atoms with Crippen LogP contribution in [0.15, 0.2) is 27.2 Å². The topological polar surface area (TPSA) is 60.2 Å². The summed E-state index contributed by atoms with van der Waals surface area (Å²) < 4.78 is 11.5. The average Bonchev–Trinajstić information content (AvgIpc) is 2.76. The molecule has 1 N–H and O–H groups in total. The van der Waals surface area contributed by atoms with Crippen molar-refractivity contribution >= 4 is 15.9 Å². The molecule has 0 saturated heterocycles. The predicted molar refractivity (Wildman–Crippen MR) is 70.3 cm³/mol. The van der Waals surface area contributed by atoms with Gasteiger partial charge in [-0.05, 0) is 30.8 Å². The highest BCUT2D eigenvalue weighted by Gasteiger charge is 2.05. The van der Waals surface area contributed by atoms with Gasteiger partial charge in [0.25, 0.3) is 0 Å². The quantitative estimate of drug-likeness (QED) is 0.919. The Morgan fingerprint density at radius 1 is 1.44 bits per heavy atom. The standard InChI is InChI=1S/C12H14BrN3O2/c1-8-15-12(16-18-8)7-17-10-3-4-11(13)9(5-10)6-14-2/h3-5,14H,6-7H2,1-2H3. The largest absolute Gasteiger partial charge is 0.485 e. The van der Waals surface area contributed by atoms with Crippen molar-refractivity contribution in [3.63, 3.8) is 0 Å². The van der Waals surface area contributed by atoms with Gasteiger partial charge in [-0.25, -0.2) is 0 Å². The van der Waals surface area contributed by atoms with E-state index >= 15 is 0 Å². The monoisotopic (exact) mass is 311 g/mol. The first kappa shape index (κ1) is 13.0. The summed E-state index contributed by atoms with van der Waals surface area (Å²) in [6.45, 7) is 2.83. The summed E-state index contributed by atoms with van der Waals surface area (Å²) in [4.78, 5) is 4.08. The highest BCUT2D eigenvalue weighted by atomic mass is 79.9. The summed E-state index contributed by atoms with van der Waals surface area (Å²) in [7, 11) is 1.90. The number of hydrogen-bond donors (Lipinski definition) is 1. The van der Waals surface area contributed by atoms with Crippen LogP contribution in [0.1, 0.15) is 17.3 Å². The van der Waals surface area contributed by atoms with Crippen LogP contribution in [0.25, 0.3) is 0 Å². The van der Waals surface area contributed by atoms with Crippen LogP contribution in [-0.4, -0.2) is 17.2 Å². The fraction of sp³-hybridized carbons (Fsp3) is 0.333. The number of halogens is 1. The van der Waals surface area contributed by atoms with E-state index in [1.54, 1.807) is 6.92 Å². The highest BCUT2D eigenvalue weighted by molar-refractivity contribution is 9.10. The number of rotatable bonds is 5. The minimum Gasteiger partial charge on any atom is -0.485 e. The van der Waals surface area contributed by atoms with E-state index in [0.717, 1.165) is 22.3 Å². The first-order chi connectivity index (χ1) is 8.69. The van der Waals surface area contributed by atoms with E-state index in [1.807, 2.05) is 25.2 Å². The summed E-state index contributed by atoms with van der Waals surface area (Å²) in [5.41, 5.74) is 1.14. The van der Waals surface area contributed by atoms with Gasteiger partial charge >= 0.3 is 0 Å². The summed E-state index contributed by atoms with van der Waals surface area (Å²) in [6.07, 6.45) is 0. The van der Waals surface area contributed by atoms with Gasteiger partial charge in [0, 0.05) is 17.9 Å². The van der Waals surface area contributed by atoms with Crippen LogP contribution in [0.3, 0.4) is 0 Å². The molecule has 0 radical (unpaired) electrons. The molecule has 0 fully saturated rings. The zero-order chi connectivity index (χ0) is 13.0. The smallest absolute Gasteiger partial charge is 0.223 e. The third-order valence-electron chi connectivity index (χ3n) is 2.32. The van der Waals surface area contributed by atoms with Gasteiger partial charge in [0.1, 0.15) is 5.75 Å².